The molecule has 4 unspecified atom stereocenters. The molecule has 14 nitrogen and oxygen atoms in total. The molecule has 0 aliphatic carbocycles. The zero-order valence-corrected chi connectivity index (χ0v) is 19.4. The van der Waals surface area contributed by atoms with Gasteiger partial charge in [0.15, 0.2) is 5.96 Å². The van der Waals surface area contributed by atoms with Crippen LogP contribution >= 0.6 is 0 Å². The van der Waals surface area contributed by atoms with E-state index in [0.29, 0.717) is 19.3 Å². The van der Waals surface area contributed by atoms with Gasteiger partial charge in [0.25, 0.3) is 0 Å². The van der Waals surface area contributed by atoms with Gasteiger partial charge in [-0.05, 0) is 31.6 Å². The van der Waals surface area contributed by atoms with Crippen LogP contribution < -0.4 is 27.8 Å². The maximum Gasteiger partial charge on any atom is 0.326 e. The van der Waals surface area contributed by atoms with Gasteiger partial charge >= 0.3 is 11.9 Å². The van der Waals surface area contributed by atoms with Crippen LogP contribution in [0.1, 0.15) is 46.0 Å². The molecule has 192 valence electrons. The standard InChI is InChI=1S/C20H35N7O7/c1-10(2)15(26-16(30)11(21)9-14(28)29)17(31)25-12(5-3-7-24-20(22)23)18(32)27-8-4-6-13(27)19(33)34/h10-13,15H,3-9,21H2,1-2H3,(H,25,31)(H,26,30)(H,28,29)(H,33,34)(H4,22,23,24). The van der Waals surface area contributed by atoms with Crippen LogP contribution in [0.15, 0.2) is 4.99 Å². The third-order valence-corrected chi connectivity index (χ3v) is 5.36. The average Bonchev–Trinajstić information content (AvgIpc) is 3.22. The number of aliphatic imine (C=N–C) groups is 1. The number of likely N-dealkylation sites (tertiary alicyclic amines) is 1. The van der Waals surface area contributed by atoms with Gasteiger partial charge < -0.3 is 42.9 Å². The van der Waals surface area contributed by atoms with Crippen LogP contribution in [0, 0.1) is 5.92 Å². The van der Waals surface area contributed by atoms with E-state index in [1.165, 1.54) is 4.90 Å². The van der Waals surface area contributed by atoms with Gasteiger partial charge in [-0.1, -0.05) is 13.8 Å². The number of nitrogens with two attached hydrogens (primary N) is 3. The Hall–Kier alpha value is -3.42. The first-order valence-corrected chi connectivity index (χ1v) is 11.0. The summed E-state index contributed by atoms with van der Waals surface area (Å²) in [4.78, 5) is 65.8. The number of carbonyl (C=O) groups is 5. The predicted molar refractivity (Wildman–Crippen MR) is 121 cm³/mol. The summed E-state index contributed by atoms with van der Waals surface area (Å²) in [6.07, 6.45) is 0.658. The van der Waals surface area contributed by atoms with Crippen LogP contribution in [0.2, 0.25) is 0 Å². The average molecular weight is 486 g/mol. The minimum atomic E-state index is -1.36. The number of hydrogen-bond donors (Lipinski definition) is 7. The van der Waals surface area contributed by atoms with Crippen molar-refractivity contribution in [3.8, 4) is 0 Å². The Morgan fingerprint density at radius 3 is 2.26 bits per heavy atom. The smallest absolute Gasteiger partial charge is 0.326 e. The summed E-state index contributed by atoms with van der Waals surface area (Å²) in [5, 5.41) is 23.3. The molecule has 1 aliphatic rings. The van der Waals surface area contributed by atoms with Crippen molar-refractivity contribution in [3.05, 3.63) is 0 Å². The second-order valence-corrected chi connectivity index (χ2v) is 8.47. The van der Waals surface area contributed by atoms with Gasteiger partial charge in [0.2, 0.25) is 17.7 Å². The molecule has 1 fully saturated rings. The summed E-state index contributed by atoms with van der Waals surface area (Å²) in [5.74, 6) is -5.00. The van der Waals surface area contributed by atoms with E-state index in [9.17, 15) is 29.1 Å². The van der Waals surface area contributed by atoms with Gasteiger partial charge in [-0.25, -0.2) is 4.79 Å². The predicted octanol–water partition coefficient (Wildman–Crippen LogP) is -2.46. The highest BCUT2D eigenvalue weighted by Crippen LogP contribution is 2.20. The summed E-state index contributed by atoms with van der Waals surface area (Å²) in [5.41, 5.74) is 16.2. The topological polar surface area (TPSA) is 244 Å². The minimum Gasteiger partial charge on any atom is -0.481 e. The van der Waals surface area contributed by atoms with Gasteiger partial charge in [-0.3, -0.25) is 24.2 Å². The Balaban J connectivity index is 3.00. The van der Waals surface area contributed by atoms with Crippen LogP contribution in [-0.2, 0) is 24.0 Å². The fraction of sp³-hybridized carbons (Fsp3) is 0.700. The number of carboxylic acid groups (broad SMARTS) is 2. The second kappa shape index (κ2) is 13.3. The van der Waals surface area contributed by atoms with Gasteiger partial charge in [-0.2, -0.15) is 0 Å². The first-order chi connectivity index (χ1) is 15.8. The Morgan fingerprint density at radius 1 is 1.09 bits per heavy atom. The number of nitrogens with one attached hydrogen (secondary N) is 2. The van der Waals surface area contributed by atoms with Crippen molar-refractivity contribution in [2.75, 3.05) is 13.1 Å². The number of aliphatic carboxylic acids is 2. The van der Waals surface area contributed by atoms with Gasteiger partial charge in [0.05, 0.1) is 12.5 Å². The lowest BCUT2D eigenvalue weighted by molar-refractivity contribution is -0.149. The third-order valence-electron chi connectivity index (χ3n) is 5.36. The molecular formula is C20H35N7O7. The Bertz CT molecular complexity index is 798. The Kier molecular flexibility index (Phi) is 11.2. The zero-order valence-electron chi connectivity index (χ0n) is 19.4. The number of hydrogen-bond acceptors (Lipinski definition) is 7. The van der Waals surface area contributed by atoms with Crippen molar-refractivity contribution < 1.29 is 34.2 Å². The molecule has 0 aromatic heterocycles. The molecule has 4 atom stereocenters. The number of carbonyl (C=O) groups excluding carboxylic acids is 3. The number of guanidine groups is 1. The van der Waals surface area contributed by atoms with E-state index in [4.69, 9.17) is 22.3 Å². The van der Waals surface area contributed by atoms with Crippen LogP contribution in [0.3, 0.4) is 0 Å². The monoisotopic (exact) mass is 485 g/mol. The molecule has 0 aromatic rings. The molecule has 0 aromatic carbocycles. The van der Waals surface area contributed by atoms with Crippen LogP contribution in [0.5, 0.6) is 0 Å². The lowest BCUT2D eigenvalue weighted by atomic mass is 10.0. The molecule has 0 saturated carbocycles. The lowest BCUT2D eigenvalue weighted by Crippen LogP contribution is -2.58. The van der Waals surface area contributed by atoms with E-state index >= 15 is 0 Å². The summed E-state index contributed by atoms with van der Waals surface area (Å²) < 4.78 is 0. The van der Waals surface area contributed by atoms with Crippen LogP contribution in [0.4, 0.5) is 0 Å². The fourth-order valence-corrected chi connectivity index (χ4v) is 3.59. The number of amides is 3. The third kappa shape index (κ3) is 8.84. The molecule has 1 heterocycles. The molecule has 1 rings (SSSR count). The maximum atomic E-state index is 13.2. The van der Waals surface area contributed by atoms with Crippen molar-refractivity contribution in [2.45, 2.75) is 70.1 Å². The molecule has 0 bridgehead atoms. The van der Waals surface area contributed by atoms with E-state index in [2.05, 4.69) is 15.6 Å². The van der Waals surface area contributed by atoms with Crippen LogP contribution in [-0.4, -0.2) is 88.0 Å². The van der Waals surface area contributed by atoms with E-state index in [-0.39, 0.29) is 25.5 Å². The fourth-order valence-electron chi connectivity index (χ4n) is 3.59. The van der Waals surface area contributed by atoms with Crippen molar-refractivity contribution in [1.29, 1.82) is 0 Å². The SMILES string of the molecule is CC(C)C(NC(=O)C(N)CC(=O)O)C(=O)NC(CCCN=C(N)N)C(=O)N1CCCC1C(=O)O. The summed E-state index contributed by atoms with van der Waals surface area (Å²) in [6, 6.07) is -4.52. The second-order valence-electron chi connectivity index (χ2n) is 8.47. The first kappa shape index (κ1) is 28.6. The van der Waals surface area contributed by atoms with Crippen molar-refractivity contribution in [1.82, 2.24) is 15.5 Å². The maximum absolute atomic E-state index is 13.2. The molecule has 14 heteroatoms. The Morgan fingerprint density at radius 2 is 1.74 bits per heavy atom. The molecule has 0 radical (unpaired) electrons. The van der Waals surface area contributed by atoms with E-state index in [1.807, 2.05) is 0 Å². The van der Waals surface area contributed by atoms with Gasteiger partial charge in [-0.15, -0.1) is 0 Å². The summed E-state index contributed by atoms with van der Waals surface area (Å²) in [7, 11) is 0. The molecule has 10 N–H and O–H groups in total. The lowest BCUT2D eigenvalue weighted by Gasteiger charge is -2.29. The summed E-state index contributed by atoms with van der Waals surface area (Å²) >= 11 is 0. The van der Waals surface area contributed by atoms with Crippen molar-refractivity contribution in [2.24, 2.45) is 28.1 Å². The number of nitrogens with zero attached hydrogens (tertiary/aromatic N) is 2. The zero-order chi connectivity index (χ0) is 26.0. The molecule has 1 saturated heterocycles. The normalized spacial score (nSPS) is 18.0. The molecule has 34 heavy (non-hydrogen) atoms. The van der Waals surface area contributed by atoms with Crippen molar-refractivity contribution in [3.63, 3.8) is 0 Å². The highest BCUT2D eigenvalue weighted by atomic mass is 16.4. The van der Waals surface area contributed by atoms with E-state index in [0.717, 1.165) is 0 Å². The van der Waals surface area contributed by atoms with E-state index < -0.39 is 66.2 Å². The molecule has 3 amide bonds. The highest BCUT2D eigenvalue weighted by Gasteiger charge is 2.38. The quantitative estimate of drug-likeness (QED) is 0.0823. The largest absolute Gasteiger partial charge is 0.481 e. The number of carboxylic acids is 2. The number of rotatable bonds is 13. The highest BCUT2D eigenvalue weighted by molar-refractivity contribution is 5.95. The van der Waals surface area contributed by atoms with Crippen LogP contribution in [0.25, 0.3) is 0 Å². The van der Waals surface area contributed by atoms with Gasteiger partial charge in [0, 0.05) is 13.1 Å². The Labute approximate surface area is 197 Å². The minimum absolute atomic E-state index is 0.126. The van der Waals surface area contributed by atoms with Crippen molar-refractivity contribution >= 4 is 35.6 Å². The van der Waals surface area contributed by atoms with E-state index in [1.54, 1.807) is 13.8 Å². The molecule has 1 aliphatic heterocycles. The molecule has 0 spiro atoms. The van der Waals surface area contributed by atoms with Gasteiger partial charge in [0.1, 0.15) is 18.1 Å². The first-order valence-electron chi connectivity index (χ1n) is 11.0. The summed E-state index contributed by atoms with van der Waals surface area (Å²) in [6.45, 7) is 3.75. The molecular weight excluding hydrogens is 450 g/mol.